The van der Waals surface area contributed by atoms with Crippen LogP contribution < -0.4 is 11.1 Å². The molecule has 0 bridgehead atoms. The largest absolute Gasteiger partial charge is 0.347 e. The van der Waals surface area contributed by atoms with E-state index in [0.717, 1.165) is 24.8 Å². The summed E-state index contributed by atoms with van der Waals surface area (Å²) < 4.78 is 0. The van der Waals surface area contributed by atoms with Crippen LogP contribution >= 0.6 is 12.4 Å². The van der Waals surface area contributed by atoms with E-state index in [9.17, 15) is 4.79 Å². The van der Waals surface area contributed by atoms with Crippen LogP contribution in [0.4, 0.5) is 0 Å². The average Bonchev–Trinajstić information content (AvgIpc) is 2.75. The molecule has 20 heavy (non-hydrogen) atoms. The Morgan fingerprint density at radius 2 is 1.95 bits per heavy atom. The lowest BCUT2D eigenvalue weighted by Gasteiger charge is -2.28. The number of halogens is 1. The van der Waals surface area contributed by atoms with Crippen molar-refractivity contribution in [2.24, 2.45) is 11.7 Å². The number of carbonyl (C=O) groups is 1. The van der Waals surface area contributed by atoms with E-state index in [1.165, 1.54) is 0 Å². The minimum atomic E-state index is -0.332. The van der Waals surface area contributed by atoms with Crippen LogP contribution in [0.2, 0.25) is 0 Å². The fourth-order valence-electron chi connectivity index (χ4n) is 2.88. The Kier molecular flexibility index (Phi) is 6.03. The van der Waals surface area contributed by atoms with Gasteiger partial charge in [-0.15, -0.1) is 12.4 Å². The first kappa shape index (κ1) is 17.0. The van der Waals surface area contributed by atoms with Gasteiger partial charge in [-0.05, 0) is 38.2 Å². The maximum absolute atomic E-state index is 12.2. The van der Waals surface area contributed by atoms with Crippen molar-refractivity contribution in [3.8, 4) is 0 Å². The third-order valence-corrected chi connectivity index (χ3v) is 4.11. The van der Waals surface area contributed by atoms with E-state index < -0.39 is 0 Å². The molecule has 3 nitrogen and oxygen atoms in total. The van der Waals surface area contributed by atoms with E-state index in [4.69, 9.17) is 5.73 Å². The van der Waals surface area contributed by atoms with Crippen LogP contribution in [-0.2, 0) is 10.3 Å². The van der Waals surface area contributed by atoms with E-state index in [0.29, 0.717) is 12.3 Å². The number of benzene rings is 1. The number of hydrogen-bond acceptors (Lipinski definition) is 2. The van der Waals surface area contributed by atoms with Gasteiger partial charge in [-0.1, -0.05) is 36.8 Å². The zero-order chi connectivity index (χ0) is 13.9. The first-order valence-corrected chi connectivity index (χ1v) is 7.11. The van der Waals surface area contributed by atoms with Crippen molar-refractivity contribution in [3.63, 3.8) is 0 Å². The first-order chi connectivity index (χ1) is 8.99. The molecule has 3 N–H and O–H groups in total. The van der Waals surface area contributed by atoms with Crippen molar-refractivity contribution < 1.29 is 4.79 Å². The van der Waals surface area contributed by atoms with Crippen LogP contribution in [0.3, 0.4) is 0 Å². The Morgan fingerprint density at radius 1 is 1.30 bits per heavy atom. The molecule has 0 spiro atoms. The highest BCUT2D eigenvalue weighted by Gasteiger charge is 2.28. The maximum atomic E-state index is 12.2. The second-order valence-electron chi connectivity index (χ2n) is 6.10. The summed E-state index contributed by atoms with van der Waals surface area (Å²) in [7, 11) is 0. The number of amides is 1. The third-order valence-electron chi connectivity index (χ3n) is 4.11. The first-order valence-electron chi connectivity index (χ1n) is 7.11. The molecule has 1 aliphatic carbocycles. The summed E-state index contributed by atoms with van der Waals surface area (Å²) in [5, 5.41) is 3.13. The zero-order valence-electron chi connectivity index (χ0n) is 12.3. The van der Waals surface area contributed by atoms with E-state index in [-0.39, 0.29) is 29.9 Å². The van der Waals surface area contributed by atoms with Gasteiger partial charge >= 0.3 is 0 Å². The molecule has 0 heterocycles. The van der Waals surface area contributed by atoms with Gasteiger partial charge in [0.05, 0.1) is 5.54 Å². The Labute approximate surface area is 127 Å². The van der Waals surface area contributed by atoms with Crippen molar-refractivity contribution in [1.29, 1.82) is 0 Å². The highest BCUT2D eigenvalue weighted by atomic mass is 35.5. The maximum Gasteiger partial charge on any atom is 0.221 e. The van der Waals surface area contributed by atoms with Crippen LogP contribution in [-0.4, -0.2) is 11.9 Å². The lowest BCUT2D eigenvalue weighted by molar-refractivity contribution is -0.123. The Balaban J connectivity index is 0.00000200. The van der Waals surface area contributed by atoms with Crippen molar-refractivity contribution in [1.82, 2.24) is 5.32 Å². The topological polar surface area (TPSA) is 55.1 Å². The number of carbonyl (C=O) groups excluding carboxylic acids is 1. The number of rotatable bonds is 4. The molecule has 1 fully saturated rings. The van der Waals surface area contributed by atoms with Crippen LogP contribution in [0, 0.1) is 5.92 Å². The summed E-state index contributed by atoms with van der Waals surface area (Å²) >= 11 is 0. The number of hydrogen-bond donors (Lipinski definition) is 2. The zero-order valence-corrected chi connectivity index (χ0v) is 13.1. The Morgan fingerprint density at radius 3 is 2.50 bits per heavy atom. The van der Waals surface area contributed by atoms with Gasteiger partial charge in [0.1, 0.15) is 0 Å². The Hall–Kier alpha value is -1.06. The molecular formula is C16H25ClN2O. The highest BCUT2D eigenvalue weighted by molar-refractivity contribution is 5.85. The summed E-state index contributed by atoms with van der Waals surface area (Å²) in [6.07, 6.45) is 3.85. The normalized spacial score (nSPS) is 22.1. The molecule has 1 amide bonds. The van der Waals surface area contributed by atoms with Crippen molar-refractivity contribution >= 4 is 18.3 Å². The van der Waals surface area contributed by atoms with Gasteiger partial charge in [0, 0.05) is 12.5 Å². The van der Waals surface area contributed by atoms with Crippen LogP contribution in [0.5, 0.6) is 0 Å². The quantitative estimate of drug-likeness (QED) is 0.897. The molecule has 1 aromatic rings. The summed E-state index contributed by atoms with van der Waals surface area (Å²) in [6, 6.07) is 10.3. The average molecular weight is 297 g/mol. The summed E-state index contributed by atoms with van der Waals surface area (Å²) in [4.78, 5) is 12.2. The SMILES string of the molecule is CC(C)(NC(=O)C[C@@H]1CCC[C@H]1N)c1ccccc1.Cl. The molecule has 1 saturated carbocycles. The molecule has 0 aromatic heterocycles. The molecule has 1 aliphatic rings. The van der Waals surface area contributed by atoms with E-state index in [1.807, 2.05) is 44.2 Å². The molecule has 0 aliphatic heterocycles. The fraction of sp³-hybridized carbons (Fsp3) is 0.562. The van der Waals surface area contributed by atoms with Gasteiger partial charge in [-0.2, -0.15) is 0 Å². The molecule has 4 heteroatoms. The predicted octanol–water partition coefficient (Wildman–Crippen LogP) is 2.98. The van der Waals surface area contributed by atoms with Gasteiger partial charge < -0.3 is 11.1 Å². The minimum absolute atomic E-state index is 0. The van der Waals surface area contributed by atoms with Crippen LogP contribution in [0.25, 0.3) is 0 Å². The lowest BCUT2D eigenvalue weighted by atomic mass is 9.93. The molecular weight excluding hydrogens is 272 g/mol. The standard InChI is InChI=1S/C16H24N2O.ClH/c1-16(2,13-8-4-3-5-9-13)18-15(19)11-12-7-6-10-14(12)17;/h3-5,8-9,12,14H,6-7,10-11,17H2,1-2H3,(H,18,19);1H/t12-,14+;/m0./s1. The van der Waals surface area contributed by atoms with Gasteiger partial charge in [-0.25, -0.2) is 0 Å². The molecule has 112 valence electrons. The van der Waals surface area contributed by atoms with Gasteiger partial charge in [0.2, 0.25) is 5.91 Å². The summed E-state index contributed by atoms with van der Waals surface area (Å²) in [5.41, 5.74) is 6.81. The molecule has 2 rings (SSSR count). The van der Waals surface area contributed by atoms with E-state index >= 15 is 0 Å². The number of nitrogens with one attached hydrogen (secondary N) is 1. The molecule has 1 aromatic carbocycles. The third kappa shape index (κ3) is 4.22. The van der Waals surface area contributed by atoms with Crippen LogP contribution in [0.1, 0.15) is 45.1 Å². The van der Waals surface area contributed by atoms with Crippen LogP contribution in [0.15, 0.2) is 30.3 Å². The smallest absolute Gasteiger partial charge is 0.221 e. The monoisotopic (exact) mass is 296 g/mol. The molecule has 0 saturated heterocycles. The van der Waals surface area contributed by atoms with Crippen molar-refractivity contribution in [3.05, 3.63) is 35.9 Å². The second-order valence-corrected chi connectivity index (χ2v) is 6.10. The molecule has 2 atom stereocenters. The second kappa shape index (κ2) is 7.09. The van der Waals surface area contributed by atoms with Gasteiger partial charge in [-0.3, -0.25) is 4.79 Å². The highest BCUT2D eigenvalue weighted by Crippen LogP contribution is 2.27. The minimum Gasteiger partial charge on any atom is -0.347 e. The lowest BCUT2D eigenvalue weighted by Crippen LogP contribution is -2.42. The predicted molar refractivity (Wildman–Crippen MR) is 84.8 cm³/mol. The molecule has 0 unspecified atom stereocenters. The fourth-order valence-corrected chi connectivity index (χ4v) is 2.88. The Bertz CT molecular complexity index is 433. The summed E-state index contributed by atoms with van der Waals surface area (Å²) in [6.45, 7) is 4.07. The van der Waals surface area contributed by atoms with E-state index in [2.05, 4.69) is 5.32 Å². The summed E-state index contributed by atoms with van der Waals surface area (Å²) in [5.74, 6) is 0.461. The number of nitrogens with two attached hydrogens (primary N) is 1. The van der Waals surface area contributed by atoms with Gasteiger partial charge in [0.15, 0.2) is 0 Å². The van der Waals surface area contributed by atoms with Crippen molar-refractivity contribution in [2.45, 2.75) is 51.1 Å². The van der Waals surface area contributed by atoms with E-state index in [1.54, 1.807) is 0 Å². The van der Waals surface area contributed by atoms with Gasteiger partial charge in [0.25, 0.3) is 0 Å². The van der Waals surface area contributed by atoms with Crippen molar-refractivity contribution in [2.75, 3.05) is 0 Å². The molecule has 0 radical (unpaired) electrons.